The van der Waals surface area contributed by atoms with E-state index < -0.39 is 20.4 Å². The number of rotatable bonds is 4. The van der Waals surface area contributed by atoms with Crippen molar-refractivity contribution in [2.75, 3.05) is 14.2 Å². The number of methoxy groups -OCH3 is 2. The first kappa shape index (κ1) is 20.1. The molecule has 0 aliphatic heterocycles. The van der Waals surface area contributed by atoms with Crippen LogP contribution in [0.25, 0.3) is 16.9 Å². The Kier molecular flexibility index (Phi) is 4.87. The molecule has 2 aromatic heterocycles. The normalized spacial score (nSPS) is 12.4. The maximum absolute atomic E-state index is 14.4. The van der Waals surface area contributed by atoms with E-state index in [1.54, 1.807) is 50.4 Å². The van der Waals surface area contributed by atoms with Gasteiger partial charge in [0, 0.05) is 17.8 Å². The number of halogens is 1. The van der Waals surface area contributed by atoms with Gasteiger partial charge in [-0.25, -0.2) is 17.8 Å². The Morgan fingerprint density at radius 2 is 1.79 bits per heavy atom. The highest BCUT2D eigenvalue weighted by Gasteiger charge is 2.34. The van der Waals surface area contributed by atoms with Crippen molar-refractivity contribution in [3.05, 3.63) is 42.0 Å². The predicted molar refractivity (Wildman–Crippen MR) is 105 cm³/mol. The second-order valence-corrected chi connectivity index (χ2v) is 10.2. The van der Waals surface area contributed by atoms with E-state index in [0.29, 0.717) is 22.5 Å². The molecule has 8 heteroatoms. The van der Waals surface area contributed by atoms with Crippen molar-refractivity contribution >= 4 is 15.5 Å². The number of fused-ring (bicyclic) bond motifs is 1. The number of ether oxygens (including phenoxy) is 2. The van der Waals surface area contributed by atoms with Crippen molar-refractivity contribution in [1.82, 2.24) is 9.38 Å². The first-order valence-electron chi connectivity index (χ1n) is 8.65. The minimum atomic E-state index is -3.68. The molecule has 0 N–H and O–H groups in total. The van der Waals surface area contributed by atoms with Gasteiger partial charge in [-0.05, 0) is 45.4 Å². The zero-order valence-electron chi connectivity index (χ0n) is 16.7. The maximum Gasteiger partial charge on any atom is 0.188 e. The molecule has 0 aliphatic carbocycles. The third-order valence-electron chi connectivity index (χ3n) is 4.62. The van der Waals surface area contributed by atoms with Crippen molar-refractivity contribution in [3.63, 3.8) is 0 Å². The maximum atomic E-state index is 14.4. The highest BCUT2D eigenvalue weighted by molar-refractivity contribution is 7.92. The SMILES string of the molecule is COc1cc2ncc(-c3cc(C)c(OC)c(F)c3)n2cc1S(=O)(=O)C(C)(C)C. The molecule has 3 rings (SSSR count). The summed E-state index contributed by atoms with van der Waals surface area (Å²) in [5, 5.41) is 0. The summed E-state index contributed by atoms with van der Waals surface area (Å²) < 4.78 is 51.5. The standard InChI is InChI=1S/C20H23FN2O4S/c1-12-7-13(8-14(21)19(12)27-6)15-10-22-18-9-16(26-5)17(11-23(15)18)28(24,25)20(2,3)4/h7-11H,1-6H3. The number of hydrogen-bond acceptors (Lipinski definition) is 5. The summed E-state index contributed by atoms with van der Waals surface area (Å²) in [7, 11) is -0.854. The molecule has 0 saturated heterocycles. The fourth-order valence-electron chi connectivity index (χ4n) is 3.03. The van der Waals surface area contributed by atoms with Crippen LogP contribution in [0.1, 0.15) is 26.3 Å². The minimum Gasteiger partial charge on any atom is -0.495 e. The van der Waals surface area contributed by atoms with Gasteiger partial charge in [0.25, 0.3) is 0 Å². The Hall–Kier alpha value is -2.61. The van der Waals surface area contributed by atoms with Crippen LogP contribution >= 0.6 is 0 Å². The van der Waals surface area contributed by atoms with E-state index in [1.165, 1.54) is 26.5 Å². The van der Waals surface area contributed by atoms with Crippen molar-refractivity contribution < 1.29 is 22.3 Å². The van der Waals surface area contributed by atoms with Gasteiger partial charge in [-0.2, -0.15) is 0 Å². The molecule has 28 heavy (non-hydrogen) atoms. The van der Waals surface area contributed by atoms with Crippen LogP contribution in [0.15, 0.2) is 35.5 Å². The van der Waals surface area contributed by atoms with Crippen molar-refractivity contribution in [3.8, 4) is 22.8 Å². The van der Waals surface area contributed by atoms with Gasteiger partial charge < -0.3 is 9.47 Å². The van der Waals surface area contributed by atoms with Crippen molar-refractivity contribution in [1.29, 1.82) is 0 Å². The van der Waals surface area contributed by atoms with Crippen LogP contribution in [0.3, 0.4) is 0 Å². The molecule has 150 valence electrons. The zero-order chi connectivity index (χ0) is 20.9. The summed E-state index contributed by atoms with van der Waals surface area (Å²) in [6, 6.07) is 4.68. The first-order valence-corrected chi connectivity index (χ1v) is 10.1. The van der Waals surface area contributed by atoms with E-state index >= 15 is 0 Å². The van der Waals surface area contributed by atoms with Crippen LogP contribution in [0.4, 0.5) is 4.39 Å². The van der Waals surface area contributed by atoms with E-state index in [4.69, 9.17) is 9.47 Å². The fourth-order valence-corrected chi connectivity index (χ4v) is 4.34. The van der Waals surface area contributed by atoms with Gasteiger partial charge in [-0.1, -0.05) is 0 Å². The van der Waals surface area contributed by atoms with E-state index in [-0.39, 0.29) is 16.4 Å². The van der Waals surface area contributed by atoms with Gasteiger partial charge in [0.1, 0.15) is 16.3 Å². The van der Waals surface area contributed by atoms with E-state index in [1.807, 2.05) is 0 Å². The Labute approximate surface area is 163 Å². The number of aryl methyl sites for hydroxylation is 1. The van der Waals surface area contributed by atoms with Gasteiger partial charge >= 0.3 is 0 Å². The molecule has 0 atom stereocenters. The number of hydrogen-bond donors (Lipinski definition) is 0. The smallest absolute Gasteiger partial charge is 0.188 e. The van der Waals surface area contributed by atoms with E-state index in [2.05, 4.69) is 4.98 Å². The van der Waals surface area contributed by atoms with Crippen LogP contribution in [-0.2, 0) is 9.84 Å². The molecule has 0 amide bonds. The highest BCUT2D eigenvalue weighted by Crippen LogP contribution is 2.35. The third kappa shape index (κ3) is 3.11. The second kappa shape index (κ2) is 6.77. The molecule has 2 heterocycles. The summed E-state index contributed by atoms with van der Waals surface area (Å²) in [4.78, 5) is 4.38. The monoisotopic (exact) mass is 406 g/mol. The molecule has 0 aliphatic rings. The molecule has 0 radical (unpaired) electrons. The summed E-state index contributed by atoms with van der Waals surface area (Å²) in [5.74, 6) is -0.101. The van der Waals surface area contributed by atoms with Gasteiger partial charge in [-0.15, -0.1) is 0 Å². The Balaban J connectivity index is 2.30. The average Bonchev–Trinajstić information content (AvgIpc) is 3.02. The second-order valence-electron chi connectivity index (χ2n) is 7.50. The summed E-state index contributed by atoms with van der Waals surface area (Å²) in [5.41, 5.74) is 2.25. The van der Waals surface area contributed by atoms with Crippen LogP contribution < -0.4 is 9.47 Å². The molecule has 1 aromatic carbocycles. The van der Waals surface area contributed by atoms with Gasteiger partial charge in [0.05, 0.1) is 30.9 Å². The number of nitrogens with zero attached hydrogens (tertiary/aromatic N) is 2. The van der Waals surface area contributed by atoms with E-state index in [9.17, 15) is 12.8 Å². The molecular weight excluding hydrogens is 383 g/mol. The van der Waals surface area contributed by atoms with Crippen molar-refractivity contribution in [2.45, 2.75) is 37.3 Å². The Morgan fingerprint density at radius 1 is 1.11 bits per heavy atom. The van der Waals surface area contributed by atoms with Gasteiger partial charge in [0.15, 0.2) is 21.4 Å². The minimum absolute atomic E-state index is 0.0555. The highest BCUT2D eigenvalue weighted by atomic mass is 32.2. The van der Waals surface area contributed by atoms with Crippen LogP contribution in [0.2, 0.25) is 0 Å². The molecule has 0 unspecified atom stereocenters. The van der Waals surface area contributed by atoms with Gasteiger partial charge in [-0.3, -0.25) is 4.40 Å². The molecule has 0 bridgehead atoms. The van der Waals surface area contributed by atoms with Crippen molar-refractivity contribution in [2.24, 2.45) is 0 Å². The lowest BCUT2D eigenvalue weighted by Gasteiger charge is -2.21. The van der Waals surface area contributed by atoms with E-state index in [0.717, 1.165) is 0 Å². The molecule has 6 nitrogen and oxygen atoms in total. The summed E-state index contributed by atoms with van der Waals surface area (Å²) >= 11 is 0. The van der Waals surface area contributed by atoms with Crippen LogP contribution in [-0.4, -0.2) is 36.8 Å². The molecule has 0 saturated carbocycles. The molecule has 3 aromatic rings. The van der Waals surface area contributed by atoms with Crippen LogP contribution in [0, 0.1) is 12.7 Å². The number of imidazole rings is 1. The Morgan fingerprint density at radius 3 is 2.32 bits per heavy atom. The third-order valence-corrected chi connectivity index (χ3v) is 7.12. The number of benzene rings is 1. The molecule has 0 spiro atoms. The van der Waals surface area contributed by atoms with Gasteiger partial charge in [0.2, 0.25) is 0 Å². The lowest BCUT2D eigenvalue weighted by molar-refractivity contribution is 0.383. The molecular formula is C20H23FN2O4S. The lowest BCUT2D eigenvalue weighted by atomic mass is 10.1. The number of pyridine rings is 1. The largest absolute Gasteiger partial charge is 0.495 e. The lowest BCUT2D eigenvalue weighted by Crippen LogP contribution is -2.28. The summed E-state index contributed by atoms with van der Waals surface area (Å²) in [6.07, 6.45) is 3.05. The molecule has 0 fully saturated rings. The first-order chi connectivity index (χ1) is 13.0. The number of sulfone groups is 1. The predicted octanol–water partition coefficient (Wildman–Crippen LogP) is 4.04. The topological polar surface area (TPSA) is 69.9 Å². The zero-order valence-corrected chi connectivity index (χ0v) is 17.5. The quantitative estimate of drug-likeness (QED) is 0.654. The fraction of sp³-hybridized carbons (Fsp3) is 0.350. The summed E-state index contributed by atoms with van der Waals surface area (Å²) in [6.45, 7) is 6.63. The number of aromatic nitrogens is 2. The Bertz CT molecular complexity index is 1140. The van der Waals surface area contributed by atoms with Crippen LogP contribution in [0.5, 0.6) is 11.5 Å². The average molecular weight is 406 g/mol.